The van der Waals surface area contributed by atoms with Crippen LogP contribution < -0.4 is 5.32 Å². The molecule has 1 saturated carbocycles. The zero-order valence-electron chi connectivity index (χ0n) is 12.8. The van der Waals surface area contributed by atoms with Crippen molar-refractivity contribution in [3.63, 3.8) is 0 Å². The second-order valence-corrected chi connectivity index (χ2v) is 5.76. The van der Waals surface area contributed by atoms with Crippen molar-refractivity contribution in [2.75, 3.05) is 7.05 Å². The highest BCUT2D eigenvalue weighted by molar-refractivity contribution is 6.38. The van der Waals surface area contributed by atoms with Gasteiger partial charge in [0.05, 0.1) is 0 Å². The van der Waals surface area contributed by atoms with E-state index in [0.717, 1.165) is 24.8 Å². The highest BCUT2D eigenvalue weighted by Gasteiger charge is 2.33. The summed E-state index contributed by atoms with van der Waals surface area (Å²) in [7, 11) is 1.43. The number of benzene rings is 1. The maximum Gasteiger partial charge on any atom is 0.289 e. The van der Waals surface area contributed by atoms with E-state index in [0.29, 0.717) is 25.3 Å². The average Bonchev–Trinajstić information content (AvgIpc) is 2.52. The van der Waals surface area contributed by atoms with Crippen LogP contribution in [0.5, 0.6) is 0 Å². The molecule has 1 aliphatic rings. The summed E-state index contributed by atoms with van der Waals surface area (Å²) in [5.41, 5.74) is 0.943. The SMILES string of the molecule is CNC(=O)C(=O)C(CC1CCC1)N(C=O)Cc1ccccc1. The van der Waals surface area contributed by atoms with Gasteiger partial charge in [-0.15, -0.1) is 0 Å². The van der Waals surface area contributed by atoms with Crippen LogP contribution in [0.2, 0.25) is 0 Å². The maximum atomic E-state index is 12.3. The molecule has 1 fully saturated rings. The molecule has 1 N–H and O–H groups in total. The minimum atomic E-state index is -0.678. The van der Waals surface area contributed by atoms with Gasteiger partial charge in [0, 0.05) is 13.6 Å². The van der Waals surface area contributed by atoms with Crippen LogP contribution in [0.3, 0.4) is 0 Å². The summed E-state index contributed by atoms with van der Waals surface area (Å²) in [5.74, 6) is -0.738. The molecule has 118 valence electrons. The zero-order valence-corrected chi connectivity index (χ0v) is 12.8. The van der Waals surface area contributed by atoms with Crippen LogP contribution >= 0.6 is 0 Å². The van der Waals surface area contributed by atoms with Gasteiger partial charge in [-0.2, -0.15) is 0 Å². The first-order valence-electron chi connectivity index (χ1n) is 7.66. The molecule has 2 rings (SSSR count). The van der Waals surface area contributed by atoms with E-state index in [2.05, 4.69) is 5.32 Å². The average molecular weight is 302 g/mol. The van der Waals surface area contributed by atoms with Gasteiger partial charge in [-0.3, -0.25) is 14.4 Å². The molecule has 22 heavy (non-hydrogen) atoms. The molecule has 1 aliphatic carbocycles. The van der Waals surface area contributed by atoms with Crippen molar-refractivity contribution in [1.82, 2.24) is 10.2 Å². The smallest absolute Gasteiger partial charge is 0.289 e. The van der Waals surface area contributed by atoms with Gasteiger partial charge < -0.3 is 10.2 Å². The molecule has 0 heterocycles. The fourth-order valence-electron chi connectivity index (χ4n) is 2.73. The molecule has 0 saturated heterocycles. The Bertz CT molecular complexity index is 526. The van der Waals surface area contributed by atoms with Crippen molar-refractivity contribution in [1.29, 1.82) is 0 Å². The summed E-state index contributed by atoms with van der Waals surface area (Å²) in [4.78, 5) is 37.0. The number of Topliss-reactive ketones (excluding diaryl/α,β-unsaturated/α-hetero) is 1. The van der Waals surface area contributed by atoms with Gasteiger partial charge in [-0.1, -0.05) is 49.6 Å². The van der Waals surface area contributed by atoms with Crippen LogP contribution in [0.4, 0.5) is 0 Å². The Kier molecular flexibility index (Phi) is 5.69. The highest BCUT2D eigenvalue weighted by atomic mass is 16.2. The molecule has 0 aromatic heterocycles. The standard InChI is InChI=1S/C17H22N2O3/c1-18-17(22)16(21)15(10-13-8-5-9-13)19(12-20)11-14-6-3-2-4-7-14/h2-4,6-7,12-13,15H,5,8-11H2,1H3,(H,18,22). The van der Waals surface area contributed by atoms with Crippen molar-refractivity contribution in [2.24, 2.45) is 5.92 Å². The highest BCUT2D eigenvalue weighted by Crippen LogP contribution is 2.32. The number of carbonyl (C=O) groups excluding carboxylic acids is 3. The van der Waals surface area contributed by atoms with E-state index in [-0.39, 0.29) is 0 Å². The summed E-state index contributed by atoms with van der Waals surface area (Å²) in [5, 5.41) is 2.37. The van der Waals surface area contributed by atoms with Gasteiger partial charge in [-0.05, 0) is 17.9 Å². The number of nitrogens with zero attached hydrogens (tertiary/aromatic N) is 1. The molecule has 0 radical (unpaired) electrons. The zero-order chi connectivity index (χ0) is 15.9. The molecule has 1 unspecified atom stereocenters. The molecular weight excluding hydrogens is 280 g/mol. The molecule has 1 aromatic carbocycles. The van der Waals surface area contributed by atoms with Crippen molar-refractivity contribution in [3.05, 3.63) is 35.9 Å². The van der Waals surface area contributed by atoms with Gasteiger partial charge in [0.1, 0.15) is 6.04 Å². The van der Waals surface area contributed by atoms with Crippen molar-refractivity contribution >= 4 is 18.1 Å². The van der Waals surface area contributed by atoms with Crippen LogP contribution in [0.15, 0.2) is 30.3 Å². The lowest BCUT2D eigenvalue weighted by atomic mass is 9.79. The van der Waals surface area contributed by atoms with Gasteiger partial charge in [0.2, 0.25) is 12.2 Å². The van der Waals surface area contributed by atoms with E-state index in [9.17, 15) is 14.4 Å². The molecule has 0 aliphatic heterocycles. The lowest BCUT2D eigenvalue weighted by molar-refractivity contribution is -0.143. The van der Waals surface area contributed by atoms with E-state index in [4.69, 9.17) is 0 Å². The minimum absolute atomic E-state index is 0.338. The predicted octanol–water partition coefficient (Wildman–Crippen LogP) is 1.52. The van der Waals surface area contributed by atoms with Crippen molar-refractivity contribution < 1.29 is 14.4 Å². The van der Waals surface area contributed by atoms with E-state index >= 15 is 0 Å². The summed E-state index contributed by atoms with van der Waals surface area (Å²) in [6.07, 6.45) is 4.53. The summed E-state index contributed by atoms with van der Waals surface area (Å²) >= 11 is 0. The van der Waals surface area contributed by atoms with Gasteiger partial charge in [-0.25, -0.2) is 0 Å². The quantitative estimate of drug-likeness (QED) is 0.585. The Labute approximate surface area is 130 Å². The predicted molar refractivity (Wildman–Crippen MR) is 82.9 cm³/mol. The number of nitrogens with one attached hydrogen (secondary N) is 1. The molecule has 1 atom stereocenters. The third-order valence-corrected chi connectivity index (χ3v) is 4.28. The van der Waals surface area contributed by atoms with E-state index < -0.39 is 17.7 Å². The number of likely N-dealkylation sites (N-methyl/N-ethyl adjacent to an activating group) is 1. The second kappa shape index (κ2) is 7.73. The summed E-state index contributed by atoms with van der Waals surface area (Å²) < 4.78 is 0. The first kappa shape index (κ1) is 16.2. The number of ketones is 1. The van der Waals surface area contributed by atoms with Gasteiger partial charge in [0.15, 0.2) is 0 Å². The Morgan fingerprint density at radius 1 is 1.32 bits per heavy atom. The number of rotatable bonds is 8. The Morgan fingerprint density at radius 3 is 2.50 bits per heavy atom. The molecular formula is C17H22N2O3. The van der Waals surface area contributed by atoms with Crippen LogP contribution in [0, 0.1) is 5.92 Å². The van der Waals surface area contributed by atoms with Crippen molar-refractivity contribution in [3.8, 4) is 0 Å². The molecule has 2 amide bonds. The fourth-order valence-corrected chi connectivity index (χ4v) is 2.73. The molecule has 1 aromatic rings. The number of hydrogen-bond acceptors (Lipinski definition) is 3. The first-order chi connectivity index (χ1) is 10.7. The monoisotopic (exact) mass is 302 g/mol. The van der Waals surface area contributed by atoms with E-state index in [1.807, 2.05) is 30.3 Å². The third kappa shape index (κ3) is 3.93. The molecule has 0 spiro atoms. The van der Waals surface area contributed by atoms with E-state index in [1.165, 1.54) is 11.9 Å². The number of hydrogen-bond donors (Lipinski definition) is 1. The van der Waals surface area contributed by atoms with Crippen LogP contribution in [0.25, 0.3) is 0 Å². The molecule has 0 bridgehead atoms. The van der Waals surface area contributed by atoms with Crippen LogP contribution in [-0.4, -0.2) is 36.1 Å². The lowest BCUT2D eigenvalue weighted by Gasteiger charge is -2.33. The topological polar surface area (TPSA) is 66.5 Å². The Morgan fingerprint density at radius 2 is 2.00 bits per heavy atom. The number of amides is 2. The summed E-state index contributed by atoms with van der Waals surface area (Å²) in [6, 6.07) is 8.81. The molecule has 5 nitrogen and oxygen atoms in total. The summed E-state index contributed by atoms with van der Waals surface area (Å²) in [6.45, 7) is 0.338. The second-order valence-electron chi connectivity index (χ2n) is 5.76. The third-order valence-electron chi connectivity index (χ3n) is 4.28. The van der Waals surface area contributed by atoms with Crippen LogP contribution in [0.1, 0.15) is 31.2 Å². The van der Waals surface area contributed by atoms with Crippen molar-refractivity contribution in [2.45, 2.75) is 38.3 Å². The Hall–Kier alpha value is -2.17. The normalized spacial score (nSPS) is 15.5. The van der Waals surface area contributed by atoms with Gasteiger partial charge in [0.25, 0.3) is 5.91 Å². The Balaban J connectivity index is 2.14. The van der Waals surface area contributed by atoms with Crippen LogP contribution in [-0.2, 0) is 20.9 Å². The largest absolute Gasteiger partial charge is 0.353 e. The van der Waals surface area contributed by atoms with E-state index in [1.54, 1.807) is 0 Å². The maximum absolute atomic E-state index is 12.3. The number of carbonyl (C=O) groups is 3. The van der Waals surface area contributed by atoms with Gasteiger partial charge >= 0.3 is 0 Å². The first-order valence-corrected chi connectivity index (χ1v) is 7.66. The minimum Gasteiger partial charge on any atom is -0.353 e. The fraction of sp³-hybridized carbons (Fsp3) is 0.471. The lowest BCUT2D eigenvalue weighted by Crippen LogP contribution is -2.47. The molecule has 5 heteroatoms.